The van der Waals surface area contributed by atoms with Gasteiger partial charge in [-0.1, -0.05) is 52.9 Å². The molecule has 1 unspecified atom stereocenters. The average molecular weight is 347 g/mol. The minimum atomic E-state index is -0.128. The number of rotatable bonds is 6. The smallest absolute Gasteiger partial charge is 0.319 e. The molecule has 0 spiro atoms. The van der Waals surface area contributed by atoms with Crippen LogP contribution in [0.2, 0.25) is 0 Å². The second-order valence-corrected chi connectivity index (χ2v) is 5.66. The van der Waals surface area contributed by atoms with E-state index in [1.807, 2.05) is 44.4 Å². The molecule has 0 amide bonds. The molecular formula is C13H18INO2. The van der Waals surface area contributed by atoms with Crippen molar-refractivity contribution >= 4 is 28.6 Å². The predicted molar refractivity (Wildman–Crippen MR) is 77.2 cm³/mol. The fourth-order valence-corrected chi connectivity index (χ4v) is 1.77. The number of carbonyl (C=O) groups excluding carboxylic acids is 1. The molecule has 3 nitrogen and oxygen atoms in total. The van der Waals surface area contributed by atoms with Crippen LogP contribution in [0.1, 0.15) is 12.0 Å². The Morgan fingerprint density at radius 3 is 2.59 bits per heavy atom. The van der Waals surface area contributed by atoms with Gasteiger partial charge in [-0.2, -0.15) is 0 Å². The van der Waals surface area contributed by atoms with Gasteiger partial charge in [0.05, 0.1) is 0 Å². The number of alkyl halides is 1. The number of halogens is 1. The summed E-state index contributed by atoms with van der Waals surface area (Å²) in [4.78, 5) is 13.7. The first-order valence-corrected chi connectivity index (χ1v) is 6.83. The van der Waals surface area contributed by atoms with Gasteiger partial charge in [-0.3, -0.25) is 4.79 Å². The Labute approximate surface area is 116 Å². The Balaban J connectivity index is 2.29. The molecular weight excluding hydrogens is 329 g/mol. The number of hydrogen-bond acceptors (Lipinski definition) is 3. The molecule has 4 heteroatoms. The molecule has 0 saturated carbocycles. The zero-order valence-electron chi connectivity index (χ0n) is 10.2. The van der Waals surface area contributed by atoms with Crippen molar-refractivity contribution in [1.29, 1.82) is 0 Å². The van der Waals surface area contributed by atoms with Crippen molar-refractivity contribution in [1.82, 2.24) is 4.90 Å². The first kappa shape index (κ1) is 14.4. The third kappa shape index (κ3) is 6.02. The van der Waals surface area contributed by atoms with Crippen LogP contribution in [0.15, 0.2) is 30.3 Å². The van der Waals surface area contributed by atoms with Crippen LogP contribution in [0.5, 0.6) is 0 Å². The normalized spacial score (nSPS) is 12.5. The zero-order chi connectivity index (χ0) is 12.7. The highest BCUT2D eigenvalue weighted by Gasteiger charge is 2.16. The minimum Gasteiger partial charge on any atom is -0.460 e. The highest BCUT2D eigenvalue weighted by molar-refractivity contribution is 14.1. The second kappa shape index (κ2) is 7.66. The van der Waals surface area contributed by atoms with Crippen LogP contribution in [0.4, 0.5) is 0 Å². The maximum absolute atomic E-state index is 11.7. The molecule has 0 fully saturated rings. The molecule has 1 rings (SSSR count). The van der Waals surface area contributed by atoms with Crippen LogP contribution in [-0.4, -0.2) is 35.4 Å². The molecule has 0 heterocycles. The largest absolute Gasteiger partial charge is 0.460 e. The Hall–Kier alpha value is -0.620. The van der Waals surface area contributed by atoms with Crippen LogP contribution in [0.25, 0.3) is 0 Å². The van der Waals surface area contributed by atoms with E-state index < -0.39 is 0 Å². The number of benzene rings is 1. The lowest BCUT2D eigenvalue weighted by Gasteiger charge is -2.13. The molecule has 1 aromatic carbocycles. The highest BCUT2D eigenvalue weighted by Crippen LogP contribution is 2.10. The van der Waals surface area contributed by atoms with Gasteiger partial charge in [0.1, 0.15) is 10.5 Å². The van der Waals surface area contributed by atoms with Crippen LogP contribution < -0.4 is 0 Å². The molecule has 0 N–H and O–H groups in total. The standard InChI is InChI=1S/C13H18INO2/c1-15(2)9-8-12(14)13(16)17-10-11-6-4-3-5-7-11/h3-7,12H,8-10H2,1-2H3. The van der Waals surface area contributed by atoms with E-state index in [0.717, 1.165) is 18.5 Å². The van der Waals surface area contributed by atoms with E-state index in [9.17, 15) is 4.79 Å². The minimum absolute atomic E-state index is 0.0706. The van der Waals surface area contributed by atoms with Gasteiger partial charge in [-0.05, 0) is 32.6 Å². The van der Waals surface area contributed by atoms with E-state index >= 15 is 0 Å². The first-order valence-electron chi connectivity index (χ1n) is 5.59. The van der Waals surface area contributed by atoms with Crippen molar-refractivity contribution in [3.8, 4) is 0 Å². The summed E-state index contributed by atoms with van der Waals surface area (Å²) in [5.41, 5.74) is 1.03. The molecule has 0 aliphatic carbocycles. The Kier molecular flexibility index (Phi) is 6.50. The van der Waals surface area contributed by atoms with Gasteiger partial charge in [-0.15, -0.1) is 0 Å². The summed E-state index contributed by atoms with van der Waals surface area (Å²) in [5.74, 6) is -0.128. The van der Waals surface area contributed by atoms with Gasteiger partial charge in [0.25, 0.3) is 0 Å². The summed E-state index contributed by atoms with van der Waals surface area (Å²) < 4.78 is 5.19. The van der Waals surface area contributed by atoms with Crippen molar-refractivity contribution in [3.63, 3.8) is 0 Å². The SMILES string of the molecule is CN(C)CCC(I)C(=O)OCc1ccccc1. The molecule has 0 saturated heterocycles. The molecule has 0 aliphatic rings. The van der Waals surface area contributed by atoms with Gasteiger partial charge in [-0.25, -0.2) is 0 Å². The van der Waals surface area contributed by atoms with Crippen molar-refractivity contribution in [3.05, 3.63) is 35.9 Å². The molecule has 0 aliphatic heterocycles. The lowest BCUT2D eigenvalue weighted by Crippen LogP contribution is -2.23. The topological polar surface area (TPSA) is 29.5 Å². The fourth-order valence-electron chi connectivity index (χ4n) is 1.31. The number of nitrogens with zero attached hydrogens (tertiary/aromatic N) is 1. The monoisotopic (exact) mass is 347 g/mol. The van der Waals surface area contributed by atoms with Crippen molar-refractivity contribution in [2.75, 3.05) is 20.6 Å². The van der Waals surface area contributed by atoms with E-state index in [1.165, 1.54) is 0 Å². The van der Waals surface area contributed by atoms with E-state index in [2.05, 4.69) is 27.5 Å². The average Bonchev–Trinajstić information content (AvgIpc) is 2.34. The van der Waals surface area contributed by atoms with Crippen LogP contribution in [-0.2, 0) is 16.1 Å². The molecule has 94 valence electrons. The van der Waals surface area contributed by atoms with Crippen LogP contribution in [0.3, 0.4) is 0 Å². The Morgan fingerprint density at radius 1 is 1.35 bits per heavy atom. The van der Waals surface area contributed by atoms with Crippen LogP contribution >= 0.6 is 22.6 Å². The van der Waals surface area contributed by atoms with E-state index in [0.29, 0.717) is 6.61 Å². The van der Waals surface area contributed by atoms with Gasteiger partial charge in [0.15, 0.2) is 0 Å². The zero-order valence-corrected chi connectivity index (χ0v) is 12.4. The third-order valence-electron chi connectivity index (χ3n) is 2.31. The Morgan fingerprint density at radius 2 is 2.00 bits per heavy atom. The maximum atomic E-state index is 11.7. The lowest BCUT2D eigenvalue weighted by atomic mass is 10.2. The van der Waals surface area contributed by atoms with E-state index in [1.54, 1.807) is 0 Å². The number of esters is 1. The fraction of sp³-hybridized carbons (Fsp3) is 0.462. The quantitative estimate of drug-likeness (QED) is 0.450. The summed E-state index contributed by atoms with van der Waals surface area (Å²) in [6.45, 7) is 1.26. The molecule has 17 heavy (non-hydrogen) atoms. The van der Waals surface area contributed by atoms with Crippen molar-refractivity contribution in [2.24, 2.45) is 0 Å². The molecule has 0 bridgehead atoms. The van der Waals surface area contributed by atoms with Gasteiger partial charge in [0.2, 0.25) is 0 Å². The summed E-state index contributed by atoms with van der Waals surface area (Å²) in [5, 5.41) is 0. The highest BCUT2D eigenvalue weighted by atomic mass is 127. The molecule has 0 aromatic heterocycles. The predicted octanol–water partition coefficient (Wildman–Crippen LogP) is 2.49. The van der Waals surface area contributed by atoms with Crippen LogP contribution in [0, 0.1) is 0 Å². The van der Waals surface area contributed by atoms with E-state index in [4.69, 9.17) is 4.74 Å². The van der Waals surface area contributed by atoms with Crippen molar-refractivity contribution < 1.29 is 9.53 Å². The van der Waals surface area contributed by atoms with Crippen molar-refractivity contribution in [2.45, 2.75) is 17.0 Å². The molecule has 1 aromatic rings. The summed E-state index contributed by atoms with van der Waals surface area (Å²) >= 11 is 2.14. The molecule has 0 radical (unpaired) electrons. The second-order valence-electron chi connectivity index (χ2n) is 4.15. The third-order valence-corrected chi connectivity index (χ3v) is 3.44. The number of carbonyl (C=O) groups is 1. The first-order chi connectivity index (χ1) is 8.09. The summed E-state index contributed by atoms with van der Waals surface area (Å²) in [6.07, 6.45) is 0.821. The lowest BCUT2D eigenvalue weighted by molar-refractivity contribution is -0.144. The summed E-state index contributed by atoms with van der Waals surface area (Å²) in [6, 6.07) is 9.74. The summed E-state index contributed by atoms with van der Waals surface area (Å²) in [7, 11) is 4.00. The number of ether oxygens (including phenoxy) is 1. The Bertz CT molecular complexity index is 341. The van der Waals surface area contributed by atoms with Gasteiger partial charge in [0, 0.05) is 0 Å². The number of hydrogen-bond donors (Lipinski definition) is 0. The van der Waals surface area contributed by atoms with Gasteiger partial charge < -0.3 is 9.64 Å². The van der Waals surface area contributed by atoms with E-state index in [-0.39, 0.29) is 9.89 Å². The van der Waals surface area contributed by atoms with Gasteiger partial charge >= 0.3 is 5.97 Å². The maximum Gasteiger partial charge on any atom is 0.319 e. The molecule has 1 atom stereocenters.